The zero-order valence-corrected chi connectivity index (χ0v) is 11.6. The predicted octanol–water partition coefficient (Wildman–Crippen LogP) is 1.33. The summed E-state index contributed by atoms with van der Waals surface area (Å²) < 4.78 is 7.19. The molecule has 1 heterocycles. The number of nitrogen functional groups attached to an aromatic ring is 1. The average Bonchev–Trinajstić information content (AvgIpc) is 2.84. The van der Waals surface area contributed by atoms with Crippen LogP contribution >= 0.6 is 0 Å². The zero-order valence-electron chi connectivity index (χ0n) is 11.6. The van der Waals surface area contributed by atoms with E-state index >= 15 is 0 Å². The third-order valence-electron chi connectivity index (χ3n) is 2.90. The monoisotopic (exact) mass is 274 g/mol. The smallest absolute Gasteiger partial charge is 0.251 e. The summed E-state index contributed by atoms with van der Waals surface area (Å²) in [5.74, 6) is 1.19. The Labute approximate surface area is 117 Å². The SMILES string of the molecule is CCOc1ccc(C(=O)NCc2nccn2C)cc1N. The lowest BCUT2D eigenvalue weighted by atomic mass is 10.1. The van der Waals surface area contributed by atoms with E-state index in [9.17, 15) is 4.79 Å². The molecule has 0 unspecified atom stereocenters. The van der Waals surface area contributed by atoms with Gasteiger partial charge in [-0.25, -0.2) is 4.98 Å². The van der Waals surface area contributed by atoms with Crippen LogP contribution < -0.4 is 15.8 Å². The van der Waals surface area contributed by atoms with Gasteiger partial charge in [0.1, 0.15) is 11.6 Å². The highest BCUT2D eigenvalue weighted by molar-refractivity contribution is 5.95. The van der Waals surface area contributed by atoms with Crippen molar-refractivity contribution in [3.05, 3.63) is 42.0 Å². The predicted molar refractivity (Wildman–Crippen MR) is 76.4 cm³/mol. The molecule has 2 aromatic rings. The van der Waals surface area contributed by atoms with E-state index < -0.39 is 0 Å². The van der Waals surface area contributed by atoms with Crippen LogP contribution in [0.2, 0.25) is 0 Å². The number of hydrogen-bond donors (Lipinski definition) is 2. The lowest BCUT2D eigenvalue weighted by molar-refractivity contribution is 0.0949. The molecule has 0 aliphatic carbocycles. The van der Waals surface area contributed by atoms with Gasteiger partial charge in [-0.15, -0.1) is 0 Å². The molecule has 1 amide bonds. The Balaban J connectivity index is 2.02. The summed E-state index contributed by atoms with van der Waals surface area (Å²) in [7, 11) is 1.88. The van der Waals surface area contributed by atoms with Crippen LogP contribution in [0.1, 0.15) is 23.1 Å². The first kappa shape index (κ1) is 13.9. The topological polar surface area (TPSA) is 82.2 Å². The maximum absolute atomic E-state index is 12.0. The number of ether oxygens (including phenoxy) is 1. The van der Waals surface area contributed by atoms with Crippen molar-refractivity contribution in [2.45, 2.75) is 13.5 Å². The summed E-state index contributed by atoms with van der Waals surface area (Å²) in [6.07, 6.45) is 3.52. The summed E-state index contributed by atoms with van der Waals surface area (Å²) in [5, 5.41) is 2.80. The van der Waals surface area contributed by atoms with Crippen molar-refractivity contribution in [3.8, 4) is 5.75 Å². The van der Waals surface area contributed by atoms with Gasteiger partial charge in [-0.1, -0.05) is 0 Å². The first-order chi connectivity index (χ1) is 9.61. The third kappa shape index (κ3) is 3.09. The van der Waals surface area contributed by atoms with E-state index in [0.29, 0.717) is 30.2 Å². The van der Waals surface area contributed by atoms with Gasteiger partial charge in [0, 0.05) is 25.0 Å². The number of hydrogen-bond acceptors (Lipinski definition) is 4. The number of carbonyl (C=O) groups excluding carboxylic acids is 1. The average molecular weight is 274 g/mol. The van der Waals surface area contributed by atoms with E-state index in [1.54, 1.807) is 24.4 Å². The molecule has 2 rings (SSSR count). The fourth-order valence-corrected chi connectivity index (χ4v) is 1.80. The molecule has 1 aromatic heterocycles. The van der Waals surface area contributed by atoms with Gasteiger partial charge in [0.2, 0.25) is 0 Å². The van der Waals surface area contributed by atoms with Crippen LogP contribution in [0.5, 0.6) is 5.75 Å². The molecular weight excluding hydrogens is 256 g/mol. The Morgan fingerprint density at radius 1 is 1.50 bits per heavy atom. The Kier molecular flexibility index (Phi) is 4.24. The number of anilines is 1. The summed E-state index contributed by atoms with van der Waals surface area (Å²) in [4.78, 5) is 16.2. The lowest BCUT2D eigenvalue weighted by Crippen LogP contribution is -2.24. The minimum Gasteiger partial charge on any atom is -0.492 e. The zero-order chi connectivity index (χ0) is 14.5. The highest BCUT2D eigenvalue weighted by atomic mass is 16.5. The van der Waals surface area contributed by atoms with Gasteiger partial charge < -0.3 is 20.4 Å². The second-order valence-corrected chi connectivity index (χ2v) is 4.32. The molecule has 0 atom stereocenters. The Morgan fingerprint density at radius 3 is 2.90 bits per heavy atom. The normalized spacial score (nSPS) is 10.3. The van der Waals surface area contributed by atoms with Crippen molar-refractivity contribution in [3.63, 3.8) is 0 Å². The van der Waals surface area contributed by atoms with Crippen LogP contribution in [-0.4, -0.2) is 22.1 Å². The van der Waals surface area contributed by atoms with Crippen LogP contribution in [0, 0.1) is 0 Å². The largest absolute Gasteiger partial charge is 0.492 e. The highest BCUT2D eigenvalue weighted by Gasteiger charge is 2.09. The third-order valence-corrected chi connectivity index (χ3v) is 2.90. The number of carbonyl (C=O) groups is 1. The Hall–Kier alpha value is -2.50. The number of nitrogens with one attached hydrogen (secondary N) is 1. The van der Waals surface area contributed by atoms with Crippen LogP contribution in [0.15, 0.2) is 30.6 Å². The van der Waals surface area contributed by atoms with Crippen molar-refractivity contribution < 1.29 is 9.53 Å². The number of rotatable bonds is 5. The highest BCUT2D eigenvalue weighted by Crippen LogP contribution is 2.22. The molecule has 6 heteroatoms. The van der Waals surface area contributed by atoms with Gasteiger partial charge >= 0.3 is 0 Å². The number of imidazole rings is 1. The first-order valence-electron chi connectivity index (χ1n) is 6.38. The summed E-state index contributed by atoms with van der Waals surface area (Å²) in [6, 6.07) is 5.00. The summed E-state index contributed by atoms with van der Waals surface area (Å²) >= 11 is 0. The van der Waals surface area contributed by atoms with Crippen molar-refractivity contribution in [1.82, 2.24) is 14.9 Å². The maximum atomic E-state index is 12.0. The van der Waals surface area contributed by atoms with E-state index in [0.717, 1.165) is 5.82 Å². The van der Waals surface area contributed by atoms with Gasteiger partial charge in [-0.3, -0.25) is 4.79 Å². The molecule has 0 radical (unpaired) electrons. The minimum atomic E-state index is -0.192. The molecule has 0 aliphatic rings. The Bertz CT molecular complexity index is 607. The molecule has 0 fully saturated rings. The van der Waals surface area contributed by atoms with Crippen LogP contribution in [0.4, 0.5) is 5.69 Å². The van der Waals surface area contributed by atoms with Crippen LogP contribution in [0.25, 0.3) is 0 Å². The Morgan fingerprint density at radius 2 is 2.30 bits per heavy atom. The molecule has 0 bridgehead atoms. The number of amides is 1. The van der Waals surface area contributed by atoms with Crippen LogP contribution in [-0.2, 0) is 13.6 Å². The van der Waals surface area contributed by atoms with Crippen molar-refractivity contribution in [2.75, 3.05) is 12.3 Å². The quantitative estimate of drug-likeness (QED) is 0.806. The van der Waals surface area contributed by atoms with Gasteiger partial charge in [0.25, 0.3) is 5.91 Å². The fourth-order valence-electron chi connectivity index (χ4n) is 1.80. The molecule has 6 nitrogen and oxygen atoms in total. The number of aryl methyl sites for hydroxylation is 1. The maximum Gasteiger partial charge on any atom is 0.251 e. The van der Waals surface area contributed by atoms with E-state index in [1.165, 1.54) is 0 Å². The molecule has 3 N–H and O–H groups in total. The van der Waals surface area contributed by atoms with Crippen LogP contribution in [0.3, 0.4) is 0 Å². The first-order valence-corrected chi connectivity index (χ1v) is 6.38. The standard InChI is InChI=1S/C14H18N4O2/c1-3-20-12-5-4-10(8-11(12)15)14(19)17-9-13-16-6-7-18(13)2/h4-8H,3,9,15H2,1-2H3,(H,17,19). The van der Waals surface area contributed by atoms with E-state index in [2.05, 4.69) is 10.3 Å². The number of nitrogens with zero attached hydrogens (tertiary/aromatic N) is 2. The fraction of sp³-hybridized carbons (Fsp3) is 0.286. The summed E-state index contributed by atoms with van der Waals surface area (Å²) in [5.41, 5.74) is 6.79. The van der Waals surface area contributed by atoms with Gasteiger partial charge in [0.15, 0.2) is 0 Å². The number of aromatic nitrogens is 2. The lowest BCUT2D eigenvalue weighted by Gasteiger charge is -2.09. The van der Waals surface area contributed by atoms with Gasteiger partial charge in [0.05, 0.1) is 18.8 Å². The van der Waals surface area contributed by atoms with E-state index in [4.69, 9.17) is 10.5 Å². The second kappa shape index (κ2) is 6.10. The van der Waals surface area contributed by atoms with Gasteiger partial charge in [-0.05, 0) is 25.1 Å². The summed E-state index contributed by atoms with van der Waals surface area (Å²) in [6.45, 7) is 2.79. The van der Waals surface area contributed by atoms with Crippen molar-refractivity contribution >= 4 is 11.6 Å². The molecule has 0 aliphatic heterocycles. The molecule has 1 aromatic carbocycles. The number of nitrogens with two attached hydrogens (primary N) is 1. The van der Waals surface area contributed by atoms with E-state index in [1.807, 2.05) is 24.7 Å². The molecule has 106 valence electrons. The molecule has 0 spiro atoms. The number of benzene rings is 1. The van der Waals surface area contributed by atoms with Gasteiger partial charge in [-0.2, -0.15) is 0 Å². The molecule has 20 heavy (non-hydrogen) atoms. The van der Waals surface area contributed by atoms with Crippen molar-refractivity contribution in [1.29, 1.82) is 0 Å². The molecule has 0 saturated heterocycles. The molecule has 0 saturated carbocycles. The second-order valence-electron chi connectivity index (χ2n) is 4.32. The van der Waals surface area contributed by atoms with E-state index in [-0.39, 0.29) is 5.91 Å². The molecular formula is C14H18N4O2. The van der Waals surface area contributed by atoms with Crippen molar-refractivity contribution in [2.24, 2.45) is 7.05 Å². The minimum absolute atomic E-state index is 0.192.